The summed E-state index contributed by atoms with van der Waals surface area (Å²) in [6.07, 6.45) is 0. The van der Waals surface area contributed by atoms with Gasteiger partial charge in [0.2, 0.25) is 0 Å². The summed E-state index contributed by atoms with van der Waals surface area (Å²) in [5.74, 6) is -0.196. The predicted octanol–water partition coefficient (Wildman–Crippen LogP) is 2.52. The van der Waals surface area contributed by atoms with Gasteiger partial charge in [-0.25, -0.2) is 4.98 Å². The van der Waals surface area contributed by atoms with E-state index in [1.54, 1.807) is 5.38 Å². The molecule has 4 nitrogen and oxygen atoms in total. The number of nitrogens with one attached hydrogen (secondary N) is 1. The SMILES string of the molecule is Cc1ccccc1C(C)NC(=O)c1csc(N)n1. The second-order valence-electron chi connectivity index (χ2n) is 4.12. The number of nitrogens with two attached hydrogens (primary N) is 1. The van der Waals surface area contributed by atoms with Gasteiger partial charge in [-0.2, -0.15) is 0 Å². The highest BCUT2D eigenvalue weighted by Crippen LogP contribution is 2.18. The zero-order valence-electron chi connectivity index (χ0n) is 10.3. The van der Waals surface area contributed by atoms with Crippen LogP contribution in [0.15, 0.2) is 29.6 Å². The van der Waals surface area contributed by atoms with Crippen LogP contribution in [0.5, 0.6) is 0 Å². The van der Waals surface area contributed by atoms with E-state index in [9.17, 15) is 4.79 Å². The summed E-state index contributed by atoms with van der Waals surface area (Å²) in [5.41, 5.74) is 8.14. The Morgan fingerprint density at radius 2 is 2.17 bits per heavy atom. The highest BCUT2D eigenvalue weighted by atomic mass is 32.1. The van der Waals surface area contributed by atoms with E-state index >= 15 is 0 Å². The van der Waals surface area contributed by atoms with Crippen LogP contribution in [0.4, 0.5) is 5.13 Å². The Kier molecular flexibility index (Phi) is 3.62. The maximum Gasteiger partial charge on any atom is 0.271 e. The molecule has 0 bridgehead atoms. The minimum absolute atomic E-state index is 0.0541. The Hall–Kier alpha value is -1.88. The maximum atomic E-state index is 11.9. The first kappa shape index (κ1) is 12.6. The van der Waals surface area contributed by atoms with Crippen LogP contribution in [-0.4, -0.2) is 10.9 Å². The lowest BCUT2D eigenvalue weighted by molar-refractivity contribution is 0.0935. The molecule has 18 heavy (non-hydrogen) atoms. The van der Waals surface area contributed by atoms with E-state index in [2.05, 4.69) is 10.3 Å². The van der Waals surface area contributed by atoms with Gasteiger partial charge in [-0.15, -0.1) is 11.3 Å². The Bertz CT molecular complexity index is 565. The number of hydrogen-bond donors (Lipinski definition) is 2. The fraction of sp³-hybridized carbons (Fsp3) is 0.231. The van der Waals surface area contributed by atoms with Crippen molar-refractivity contribution < 1.29 is 4.79 Å². The van der Waals surface area contributed by atoms with Gasteiger partial charge < -0.3 is 11.1 Å². The highest BCUT2D eigenvalue weighted by molar-refractivity contribution is 7.13. The molecular weight excluding hydrogens is 246 g/mol. The molecule has 0 fully saturated rings. The molecule has 0 spiro atoms. The molecule has 5 heteroatoms. The van der Waals surface area contributed by atoms with E-state index in [1.165, 1.54) is 11.3 Å². The molecule has 3 N–H and O–H groups in total. The van der Waals surface area contributed by atoms with Crippen molar-refractivity contribution in [2.45, 2.75) is 19.9 Å². The number of carbonyl (C=O) groups is 1. The molecule has 2 aromatic rings. The van der Waals surface area contributed by atoms with E-state index in [0.29, 0.717) is 10.8 Å². The van der Waals surface area contributed by atoms with Crippen LogP contribution >= 0.6 is 11.3 Å². The Balaban J connectivity index is 2.10. The van der Waals surface area contributed by atoms with E-state index in [-0.39, 0.29) is 11.9 Å². The normalized spacial score (nSPS) is 12.1. The number of nitrogens with zero attached hydrogens (tertiary/aromatic N) is 1. The summed E-state index contributed by atoms with van der Waals surface area (Å²) in [6, 6.07) is 7.93. The summed E-state index contributed by atoms with van der Waals surface area (Å²) in [4.78, 5) is 15.9. The number of nitrogen functional groups attached to an aromatic ring is 1. The number of aryl methyl sites for hydroxylation is 1. The average molecular weight is 261 g/mol. The number of thiazole rings is 1. The molecule has 1 aromatic carbocycles. The molecule has 1 amide bonds. The summed E-state index contributed by atoms with van der Waals surface area (Å²) < 4.78 is 0. The number of hydrogen-bond acceptors (Lipinski definition) is 4. The third-order valence-electron chi connectivity index (χ3n) is 2.76. The van der Waals surface area contributed by atoms with Crippen LogP contribution in [-0.2, 0) is 0 Å². The fourth-order valence-electron chi connectivity index (χ4n) is 1.81. The van der Waals surface area contributed by atoms with Crippen molar-refractivity contribution in [1.82, 2.24) is 10.3 Å². The topological polar surface area (TPSA) is 68.0 Å². The quantitative estimate of drug-likeness (QED) is 0.892. The minimum Gasteiger partial charge on any atom is -0.375 e. The fourth-order valence-corrected chi connectivity index (χ4v) is 2.36. The molecule has 2 rings (SSSR count). The summed E-state index contributed by atoms with van der Waals surface area (Å²) in [5, 5.41) is 4.98. The average Bonchev–Trinajstić information content (AvgIpc) is 2.76. The number of anilines is 1. The van der Waals surface area contributed by atoms with E-state index in [1.807, 2.05) is 38.1 Å². The number of rotatable bonds is 3. The predicted molar refractivity (Wildman–Crippen MR) is 73.6 cm³/mol. The molecule has 1 unspecified atom stereocenters. The van der Waals surface area contributed by atoms with E-state index in [0.717, 1.165) is 11.1 Å². The van der Waals surface area contributed by atoms with Gasteiger partial charge in [-0.3, -0.25) is 4.79 Å². The van der Waals surface area contributed by atoms with Gasteiger partial charge in [0.25, 0.3) is 5.91 Å². The molecule has 0 aliphatic heterocycles. The lowest BCUT2D eigenvalue weighted by Gasteiger charge is -2.15. The largest absolute Gasteiger partial charge is 0.375 e. The van der Waals surface area contributed by atoms with Gasteiger partial charge in [-0.1, -0.05) is 24.3 Å². The first-order chi connectivity index (χ1) is 8.58. The van der Waals surface area contributed by atoms with Crippen LogP contribution in [0.3, 0.4) is 0 Å². The Morgan fingerprint density at radius 1 is 1.44 bits per heavy atom. The molecule has 0 saturated heterocycles. The van der Waals surface area contributed by atoms with Crippen molar-refractivity contribution in [3.63, 3.8) is 0 Å². The van der Waals surface area contributed by atoms with Crippen LogP contribution in [0.25, 0.3) is 0 Å². The van der Waals surface area contributed by atoms with Gasteiger partial charge in [0.15, 0.2) is 5.13 Å². The molecule has 0 radical (unpaired) electrons. The highest BCUT2D eigenvalue weighted by Gasteiger charge is 2.14. The zero-order chi connectivity index (χ0) is 13.1. The zero-order valence-corrected chi connectivity index (χ0v) is 11.1. The van der Waals surface area contributed by atoms with Gasteiger partial charge in [0.05, 0.1) is 6.04 Å². The lowest BCUT2D eigenvalue weighted by Crippen LogP contribution is -2.27. The maximum absolute atomic E-state index is 11.9. The third kappa shape index (κ3) is 2.68. The van der Waals surface area contributed by atoms with E-state index in [4.69, 9.17) is 5.73 Å². The second kappa shape index (κ2) is 5.18. The third-order valence-corrected chi connectivity index (χ3v) is 3.43. The number of amides is 1. The van der Waals surface area contributed by atoms with Crippen molar-refractivity contribution in [2.24, 2.45) is 0 Å². The van der Waals surface area contributed by atoms with E-state index < -0.39 is 0 Å². The molecule has 0 aliphatic carbocycles. The molecule has 1 atom stereocenters. The summed E-state index contributed by atoms with van der Waals surface area (Å²) in [6.45, 7) is 3.98. The van der Waals surface area contributed by atoms with Gasteiger partial charge in [0.1, 0.15) is 5.69 Å². The molecule has 94 valence electrons. The minimum atomic E-state index is -0.196. The van der Waals surface area contributed by atoms with Crippen molar-refractivity contribution in [3.8, 4) is 0 Å². The molecule has 0 aliphatic rings. The lowest BCUT2D eigenvalue weighted by atomic mass is 10.0. The van der Waals surface area contributed by atoms with Gasteiger partial charge >= 0.3 is 0 Å². The van der Waals surface area contributed by atoms with Crippen LogP contribution < -0.4 is 11.1 Å². The van der Waals surface area contributed by atoms with Gasteiger partial charge in [-0.05, 0) is 25.0 Å². The first-order valence-electron chi connectivity index (χ1n) is 5.65. The Labute approximate surface area is 110 Å². The van der Waals surface area contributed by atoms with Crippen molar-refractivity contribution >= 4 is 22.4 Å². The molecule has 1 heterocycles. The molecular formula is C13H15N3OS. The van der Waals surface area contributed by atoms with Crippen molar-refractivity contribution in [3.05, 3.63) is 46.5 Å². The standard InChI is InChI=1S/C13H15N3OS/c1-8-5-3-4-6-10(8)9(2)15-12(17)11-7-18-13(14)16-11/h3-7,9H,1-2H3,(H2,14,16)(H,15,17). The molecule has 0 saturated carbocycles. The first-order valence-corrected chi connectivity index (χ1v) is 6.53. The number of aromatic nitrogens is 1. The summed E-state index contributed by atoms with van der Waals surface area (Å²) >= 11 is 1.26. The summed E-state index contributed by atoms with van der Waals surface area (Å²) in [7, 11) is 0. The van der Waals surface area contributed by atoms with Crippen molar-refractivity contribution in [1.29, 1.82) is 0 Å². The Morgan fingerprint density at radius 3 is 2.78 bits per heavy atom. The van der Waals surface area contributed by atoms with Crippen LogP contribution in [0.1, 0.15) is 34.6 Å². The monoisotopic (exact) mass is 261 g/mol. The van der Waals surface area contributed by atoms with Crippen LogP contribution in [0, 0.1) is 6.92 Å². The number of carbonyl (C=O) groups excluding carboxylic acids is 1. The van der Waals surface area contributed by atoms with Crippen molar-refractivity contribution in [2.75, 3.05) is 5.73 Å². The second-order valence-corrected chi connectivity index (χ2v) is 5.01. The smallest absolute Gasteiger partial charge is 0.271 e. The number of benzene rings is 1. The van der Waals surface area contributed by atoms with Gasteiger partial charge in [0, 0.05) is 5.38 Å². The molecule has 1 aromatic heterocycles. The van der Waals surface area contributed by atoms with Crippen LogP contribution in [0.2, 0.25) is 0 Å².